The molecule has 0 spiro atoms. The van der Waals surface area contributed by atoms with Gasteiger partial charge in [-0.2, -0.15) is 0 Å². The molecule has 0 aliphatic carbocycles. The molecule has 0 fully saturated rings. The second-order valence-corrected chi connectivity index (χ2v) is 5.56. The average molecular weight is 284 g/mol. The maximum absolute atomic E-state index is 12.8. The van der Waals surface area contributed by atoms with Gasteiger partial charge in [-0.15, -0.1) is 0 Å². The maximum atomic E-state index is 12.8. The highest BCUT2D eigenvalue weighted by Crippen LogP contribution is 2.30. The number of nitrogens with zero attached hydrogens (tertiary/aromatic N) is 2. The van der Waals surface area contributed by atoms with E-state index in [-0.39, 0.29) is 18.6 Å². The Balaban J connectivity index is 1.96. The fourth-order valence-corrected chi connectivity index (χ4v) is 3.07. The highest BCUT2D eigenvalue weighted by atomic mass is 16.3. The number of hydrogen-bond donors (Lipinski definition) is 1. The Morgan fingerprint density at radius 1 is 1.29 bits per heavy atom. The van der Waals surface area contributed by atoms with Crippen LogP contribution in [0.2, 0.25) is 0 Å². The van der Waals surface area contributed by atoms with E-state index in [2.05, 4.69) is 6.07 Å². The summed E-state index contributed by atoms with van der Waals surface area (Å²) in [5.74, 6) is -0.0147. The Kier molecular flexibility index (Phi) is 3.55. The van der Waals surface area contributed by atoms with Crippen LogP contribution in [0.1, 0.15) is 33.4 Å². The van der Waals surface area contributed by atoms with Crippen LogP contribution in [-0.2, 0) is 13.5 Å². The number of hydrogen-bond acceptors (Lipinski definition) is 2. The van der Waals surface area contributed by atoms with Crippen LogP contribution in [0.25, 0.3) is 0 Å². The van der Waals surface area contributed by atoms with Crippen molar-refractivity contribution in [3.8, 4) is 0 Å². The number of rotatable bonds is 2. The lowest BCUT2D eigenvalue weighted by Crippen LogP contribution is -2.42. The van der Waals surface area contributed by atoms with Gasteiger partial charge in [-0.1, -0.05) is 24.3 Å². The van der Waals surface area contributed by atoms with Gasteiger partial charge in [0, 0.05) is 19.3 Å². The van der Waals surface area contributed by atoms with Crippen molar-refractivity contribution in [1.29, 1.82) is 0 Å². The zero-order chi connectivity index (χ0) is 15.0. The molecule has 3 rings (SSSR count). The zero-order valence-corrected chi connectivity index (χ0v) is 12.4. The van der Waals surface area contributed by atoms with Crippen LogP contribution in [0.3, 0.4) is 0 Å². The number of aliphatic hydroxyl groups is 1. The third-order valence-corrected chi connectivity index (χ3v) is 4.44. The van der Waals surface area contributed by atoms with Gasteiger partial charge in [0.1, 0.15) is 5.69 Å². The van der Waals surface area contributed by atoms with Gasteiger partial charge in [0.05, 0.1) is 12.6 Å². The smallest absolute Gasteiger partial charge is 0.271 e. The van der Waals surface area contributed by atoms with Crippen LogP contribution in [0.15, 0.2) is 36.4 Å². The fraction of sp³-hybridized carbons (Fsp3) is 0.353. The molecule has 110 valence electrons. The lowest BCUT2D eigenvalue weighted by molar-refractivity contribution is 0.0559. The van der Waals surface area contributed by atoms with Crippen molar-refractivity contribution in [2.24, 2.45) is 7.05 Å². The Morgan fingerprint density at radius 3 is 2.71 bits per heavy atom. The Hall–Kier alpha value is -2.07. The van der Waals surface area contributed by atoms with Crippen LogP contribution in [-0.4, -0.2) is 33.6 Å². The third kappa shape index (κ3) is 2.25. The van der Waals surface area contributed by atoms with E-state index >= 15 is 0 Å². The normalized spacial score (nSPS) is 17.7. The Morgan fingerprint density at radius 2 is 2.05 bits per heavy atom. The molecule has 2 heterocycles. The Bertz CT molecular complexity index is 675. The molecule has 1 aliphatic heterocycles. The molecular weight excluding hydrogens is 264 g/mol. The molecule has 0 saturated heterocycles. The van der Waals surface area contributed by atoms with Gasteiger partial charge < -0.3 is 14.6 Å². The van der Waals surface area contributed by atoms with Gasteiger partial charge in [0.15, 0.2) is 0 Å². The van der Waals surface area contributed by atoms with E-state index < -0.39 is 0 Å². The van der Waals surface area contributed by atoms with Crippen LogP contribution in [0, 0.1) is 6.92 Å². The topological polar surface area (TPSA) is 45.5 Å². The van der Waals surface area contributed by atoms with E-state index in [0.717, 1.165) is 17.7 Å². The quantitative estimate of drug-likeness (QED) is 0.917. The molecule has 0 unspecified atom stereocenters. The first-order chi connectivity index (χ1) is 10.1. The monoisotopic (exact) mass is 284 g/mol. The van der Waals surface area contributed by atoms with Crippen molar-refractivity contribution in [3.05, 3.63) is 58.9 Å². The summed E-state index contributed by atoms with van der Waals surface area (Å²) in [6, 6.07) is 11.6. The summed E-state index contributed by atoms with van der Waals surface area (Å²) in [6.07, 6.45) is 0.835. The van der Waals surface area contributed by atoms with E-state index in [1.54, 1.807) is 4.90 Å². The predicted octanol–water partition coefficient (Wildman–Crippen LogP) is 2.07. The van der Waals surface area contributed by atoms with Gasteiger partial charge in [-0.05, 0) is 36.6 Å². The molecule has 0 bridgehead atoms. The third-order valence-electron chi connectivity index (χ3n) is 4.44. The number of aromatic nitrogens is 1. The molecule has 1 aromatic heterocycles. The van der Waals surface area contributed by atoms with Gasteiger partial charge in [0.2, 0.25) is 0 Å². The first-order valence-electron chi connectivity index (χ1n) is 7.25. The molecule has 1 atom stereocenters. The summed E-state index contributed by atoms with van der Waals surface area (Å²) in [5, 5.41) is 9.78. The SMILES string of the molecule is Cc1ccc(C(=O)N2CCc3ccccc3[C@H]2CO)n1C. The van der Waals surface area contributed by atoms with Gasteiger partial charge >= 0.3 is 0 Å². The zero-order valence-electron chi connectivity index (χ0n) is 12.4. The fourth-order valence-electron chi connectivity index (χ4n) is 3.07. The van der Waals surface area contributed by atoms with E-state index in [4.69, 9.17) is 0 Å². The van der Waals surface area contributed by atoms with E-state index in [9.17, 15) is 9.90 Å². The molecule has 2 aromatic rings. The lowest BCUT2D eigenvalue weighted by atomic mass is 9.93. The summed E-state index contributed by atoms with van der Waals surface area (Å²) >= 11 is 0. The number of benzene rings is 1. The first kappa shape index (κ1) is 13.9. The van der Waals surface area contributed by atoms with E-state index in [1.165, 1.54) is 5.56 Å². The molecule has 4 nitrogen and oxygen atoms in total. The van der Waals surface area contributed by atoms with Gasteiger partial charge in [-0.25, -0.2) is 0 Å². The largest absolute Gasteiger partial charge is 0.394 e. The van der Waals surface area contributed by atoms with Gasteiger partial charge in [0.25, 0.3) is 5.91 Å². The maximum Gasteiger partial charge on any atom is 0.271 e. The molecule has 21 heavy (non-hydrogen) atoms. The van der Waals surface area contributed by atoms with Crippen molar-refractivity contribution < 1.29 is 9.90 Å². The van der Waals surface area contributed by atoms with Crippen molar-refractivity contribution in [3.63, 3.8) is 0 Å². The molecule has 0 radical (unpaired) electrons. The molecule has 0 saturated carbocycles. The van der Waals surface area contributed by atoms with Crippen LogP contribution in [0.4, 0.5) is 0 Å². The molecule has 1 aliphatic rings. The van der Waals surface area contributed by atoms with Crippen molar-refractivity contribution >= 4 is 5.91 Å². The van der Waals surface area contributed by atoms with Crippen LogP contribution < -0.4 is 0 Å². The minimum Gasteiger partial charge on any atom is -0.394 e. The number of amides is 1. The minimum absolute atomic E-state index is 0.0147. The van der Waals surface area contributed by atoms with Gasteiger partial charge in [-0.3, -0.25) is 4.79 Å². The highest BCUT2D eigenvalue weighted by molar-refractivity contribution is 5.93. The average Bonchev–Trinajstić information content (AvgIpc) is 2.85. The molecule has 1 amide bonds. The summed E-state index contributed by atoms with van der Waals surface area (Å²) in [5.41, 5.74) is 4.01. The number of carbonyl (C=O) groups excluding carboxylic acids is 1. The predicted molar refractivity (Wildman–Crippen MR) is 81.2 cm³/mol. The minimum atomic E-state index is -0.252. The van der Waals surface area contributed by atoms with E-state index in [0.29, 0.717) is 12.2 Å². The van der Waals surface area contributed by atoms with Crippen LogP contribution in [0.5, 0.6) is 0 Å². The van der Waals surface area contributed by atoms with Crippen molar-refractivity contribution in [1.82, 2.24) is 9.47 Å². The second-order valence-electron chi connectivity index (χ2n) is 5.56. The summed E-state index contributed by atoms with van der Waals surface area (Å²) in [7, 11) is 1.90. The van der Waals surface area contributed by atoms with Crippen LogP contribution >= 0.6 is 0 Å². The molecule has 4 heteroatoms. The standard InChI is InChI=1S/C17H20N2O2/c1-12-7-8-15(18(12)2)17(21)19-10-9-13-5-3-4-6-14(13)16(19)11-20/h3-8,16,20H,9-11H2,1-2H3/t16-/m1/s1. The van der Waals surface area contributed by atoms with Crippen molar-refractivity contribution in [2.75, 3.05) is 13.2 Å². The summed E-state index contributed by atoms with van der Waals surface area (Å²) in [4.78, 5) is 14.6. The Labute approximate surface area is 124 Å². The van der Waals surface area contributed by atoms with E-state index in [1.807, 2.05) is 48.9 Å². The summed E-state index contributed by atoms with van der Waals surface area (Å²) < 4.78 is 1.90. The molecule has 1 N–H and O–H groups in total. The lowest BCUT2D eigenvalue weighted by Gasteiger charge is -2.36. The molecule has 1 aromatic carbocycles. The second kappa shape index (κ2) is 5.37. The summed E-state index contributed by atoms with van der Waals surface area (Å²) in [6.45, 7) is 2.57. The van der Waals surface area contributed by atoms with Crippen molar-refractivity contribution in [2.45, 2.75) is 19.4 Å². The first-order valence-corrected chi connectivity index (χ1v) is 7.25. The number of aliphatic hydroxyl groups excluding tert-OH is 1. The number of aryl methyl sites for hydroxylation is 1. The highest BCUT2D eigenvalue weighted by Gasteiger charge is 2.31. The number of fused-ring (bicyclic) bond motifs is 1. The molecular formula is C17H20N2O2. The number of carbonyl (C=O) groups is 1.